The standard InChI is InChI=1S/C17H30N2O/c1-5-8-11-19(6-2)14(4)12-15-9-10-17(20-7-3)16(18)13-15/h9-10,13-14H,5-8,11-12,18H2,1-4H3. The molecule has 3 nitrogen and oxygen atoms in total. The van der Waals surface area contributed by atoms with E-state index in [1.165, 1.54) is 24.9 Å². The molecule has 0 aliphatic rings. The van der Waals surface area contributed by atoms with Crippen molar-refractivity contribution in [1.82, 2.24) is 4.90 Å². The fraction of sp³-hybridized carbons (Fsp3) is 0.647. The number of likely N-dealkylation sites (N-methyl/N-ethyl adjacent to an activating group) is 1. The van der Waals surface area contributed by atoms with Crippen LogP contribution in [-0.4, -0.2) is 30.6 Å². The average Bonchev–Trinajstić information content (AvgIpc) is 2.43. The van der Waals surface area contributed by atoms with Crippen LogP contribution in [0.1, 0.15) is 46.1 Å². The first kappa shape index (κ1) is 16.8. The molecule has 0 aliphatic heterocycles. The third kappa shape index (κ3) is 5.04. The maximum absolute atomic E-state index is 6.03. The third-order valence-electron chi connectivity index (χ3n) is 3.73. The summed E-state index contributed by atoms with van der Waals surface area (Å²) in [6, 6.07) is 6.72. The molecule has 0 radical (unpaired) electrons. The van der Waals surface area contributed by atoms with E-state index in [4.69, 9.17) is 10.5 Å². The molecule has 1 unspecified atom stereocenters. The summed E-state index contributed by atoms with van der Waals surface area (Å²) in [4.78, 5) is 2.54. The Bertz CT molecular complexity index is 393. The van der Waals surface area contributed by atoms with Crippen molar-refractivity contribution in [3.8, 4) is 5.75 Å². The van der Waals surface area contributed by atoms with Crippen molar-refractivity contribution < 1.29 is 4.74 Å². The van der Waals surface area contributed by atoms with Gasteiger partial charge in [0.15, 0.2) is 0 Å². The molecule has 114 valence electrons. The van der Waals surface area contributed by atoms with E-state index in [1.807, 2.05) is 13.0 Å². The minimum Gasteiger partial charge on any atom is -0.492 e. The summed E-state index contributed by atoms with van der Waals surface area (Å²) in [5.74, 6) is 0.794. The molecule has 0 aliphatic carbocycles. The highest BCUT2D eigenvalue weighted by Gasteiger charge is 2.12. The lowest BCUT2D eigenvalue weighted by molar-refractivity contribution is 0.215. The fourth-order valence-electron chi connectivity index (χ4n) is 2.53. The van der Waals surface area contributed by atoms with Gasteiger partial charge in [0.05, 0.1) is 12.3 Å². The lowest BCUT2D eigenvalue weighted by Gasteiger charge is -2.28. The van der Waals surface area contributed by atoms with Crippen LogP contribution in [0.5, 0.6) is 5.75 Å². The van der Waals surface area contributed by atoms with E-state index in [0.29, 0.717) is 12.6 Å². The maximum Gasteiger partial charge on any atom is 0.142 e. The number of benzene rings is 1. The number of ether oxygens (including phenoxy) is 1. The molecule has 0 saturated carbocycles. The monoisotopic (exact) mass is 278 g/mol. The molecule has 1 rings (SSSR count). The van der Waals surface area contributed by atoms with Crippen LogP contribution in [0.25, 0.3) is 0 Å². The van der Waals surface area contributed by atoms with Gasteiger partial charge >= 0.3 is 0 Å². The molecule has 0 bridgehead atoms. The van der Waals surface area contributed by atoms with Gasteiger partial charge in [0.2, 0.25) is 0 Å². The molecule has 1 aromatic rings. The largest absolute Gasteiger partial charge is 0.492 e. The van der Waals surface area contributed by atoms with Crippen molar-refractivity contribution in [2.75, 3.05) is 25.4 Å². The van der Waals surface area contributed by atoms with Crippen LogP contribution in [0.4, 0.5) is 5.69 Å². The normalized spacial score (nSPS) is 12.7. The summed E-state index contributed by atoms with van der Waals surface area (Å²) >= 11 is 0. The Balaban J connectivity index is 2.64. The Morgan fingerprint density at radius 2 is 2.00 bits per heavy atom. The van der Waals surface area contributed by atoms with Gasteiger partial charge in [-0.25, -0.2) is 0 Å². The lowest BCUT2D eigenvalue weighted by atomic mass is 10.0. The van der Waals surface area contributed by atoms with E-state index in [2.05, 4.69) is 37.8 Å². The molecule has 0 aromatic heterocycles. The van der Waals surface area contributed by atoms with Gasteiger partial charge in [-0.15, -0.1) is 0 Å². The van der Waals surface area contributed by atoms with Gasteiger partial charge in [-0.2, -0.15) is 0 Å². The van der Waals surface area contributed by atoms with Gasteiger partial charge in [0.1, 0.15) is 5.75 Å². The molecule has 0 spiro atoms. The predicted molar refractivity (Wildman–Crippen MR) is 87.3 cm³/mol. The Morgan fingerprint density at radius 1 is 1.25 bits per heavy atom. The number of hydrogen-bond donors (Lipinski definition) is 1. The molecule has 0 heterocycles. The number of nitrogen functional groups attached to an aromatic ring is 1. The van der Waals surface area contributed by atoms with Crippen LogP contribution < -0.4 is 10.5 Å². The zero-order chi connectivity index (χ0) is 15.0. The third-order valence-corrected chi connectivity index (χ3v) is 3.73. The van der Waals surface area contributed by atoms with Crippen molar-refractivity contribution in [1.29, 1.82) is 0 Å². The molecule has 1 atom stereocenters. The van der Waals surface area contributed by atoms with Gasteiger partial charge in [-0.05, 0) is 57.5 Å². The van der Waals surface area contributed by atoms with Crippen LogP contribution in [0.2, 0.25) is 0 Å². The molecule has 0 amide bonds. The van der Waals surface area contributed by atoms with Crippen LogP contribution >= 0.6 is 0 Å². The van der Waals surface area contributed by atoms with E-state index in [0.717, 1.165) is 24.4 Å². The second-order valence-corrected chi connectivity index (χ2v) is 5.34. The molecule has 3 heteroatoms. The number of nitrogens with two attached hydrogens (primary N) is 1. The molecule has 1 aromatic carbocycles. The average molecular weight is 278 g/mol. The van der Waals surface area contributed by atoms with Crippen molar-refractivity contribution in [2.24, 2.45) is 0 Å². The number of rotatable bonds is 9. The number of unbranched alkanes of at least 4 members (excludes halogenated alkanes) is 1. The predicted octanol–water partition coefficient (Wildman–Crippen LogP) is 3.72. The topological polar surface area (TPSA) is 38.5 Å². The summed E-state index contributed by atoms with van der Waals surface area (Å²) in [6.07, 6.45) is 3.55. The van der Waals surface area contributed by atoms with Crippen LogP contribution in [0.15, 0.2) is 18.2 Å². The van der Waals surface area contributed by atoms with E-state index >= 15 is 0 Å². The summed E-state index contributed by atoms with van der Waals surface area (Å²) in [7, 11) is 0. The van der Waals surface area contributed by atoms with E-state index in [-0.39, 0.29) is 0 Å². The summed E-state index contributed by atoms with van der Waals surface area (Å²) in [5, 5.41) is 0. The summed E-state index contributed by atoms with van der Waals surface area (Å²) in [5.41, 5.74) is 8.06. The first-order valence-electron chi connectivity index (χ1n) is 7.87. The molecule has 0 fully saturated rings. The first-order valence-corrected chi connectivity index (χ1v) is 7.87. The van der Waals surface area contributed by atoms with Crippen molar-refractivity contribution in [2.45, 2.75) is 53.0 Å². The number of anilines is 1. The highest BCUT2D eigenvalue weighted by atomic mass is 16.5. The number of hydrogen-bond acceptors (Lipinski definition) is 3. The fourth-order valence-corrected chi connectivity index (χ4v) is 2.53. The molecular weight excluding hydrogens is 248 g/mol. The quantitative estimate of drug-likeness (QED) is 0.700. The van der Waals surface area contributed by atoms with Crippen LogP contribution in [0, 0.1) is 0 Å². The first-order chi connectivity index (χ1) is 9.62. The van der Waals surface area contributed by atoms with Gasteiger partial charge in [0, 0.05) is 6.04 Å². The highest BCUT2D eigenvalue weighted by Crippen LogP contribution is 2.23. The van der Waals surface area contributed by atoms with Crippen molar-refractivity contribution >= 4 is 5.69 Å². The Hall–Kier alpha value is -1.22. The highest BCUT2D eigenvalue weighted by molar-refractivity contribution is 5.54. The van der Waals surface area contributed by atoms with Gasteiger partial charge in [-0.3, -0.25) is 0 Å². The summed E-state index contributed by atoms with van der Waals surface area (Å²) < 4.78 is 5.48. The molecular formula is C17H30N2O. The zero-order valence-corrected chi connectivity index (χ0v) is 13.5. The van der Waals surface area contributed by atoms with Gasteiger partial charge in [-0.1, -0.05) is 26.3 Å². The molecule has 0 saturated heterocycles. The summed E-state index contributed by atoms with van der Waals surface area (Å²) in [6.45, 7) is 11.7. The minimum absolute atomic E-state index is 0.545. The lowest BCUT2D eigenvalue weighted by Crippen LogP contribution is -2.35. The minimum atomic E-state index is 0.545. The smallest absolute Gasteiger partial charge is 0.142 e. The molecule has 20 heavy (non-hydrogen) atoms. The Morgan fingerprint density at radius 3 is 2.55 bits per heavy atom. The second kappa shape index (κ2) is 8.85. The molecule has 2 N–H and O–H groups in total. The number of nitrogens with zero attached hydrogens (tertiary/aromatic N) is 1. The van der Waals surface area contributed by atoms with E-state index in [9.17, 15) is 0 Å². The van der Waals surface area contributed by atoms with Crippen LogP contribution in [-0.2, 0) is 6.42 Å². The Kier molecular flexibility index (Phi) is 7.45. The second-order valence-electron chi connectivity index (χ2n) is 5.34. The van der Waals surface area contributed by atoms with Gasteiger partial charge in [0.25, 0.3) is 0 Å². The van der Waals surface area contributed by atoms with Crippen LogP contribution in [0.3, 0.4) is 0 Å². The van der Waals surface area contributed by atoms with E-state index in [1.54, 1.807) is 0 Å². The van der Waals surface area contributed by atoms with Gasteiger partial charge < -0.3 is 15.4 Å². The van der Waals surface area contributed by atoms with Crippen molar-refractivity contribution in [3.05, 3.63) is 23.8 Å². The van der Waals surface area contributed by atoms with Crippen molar-refractivity contribution in [3.63, 3.8) is 0 Å². The maximum atomic E-state index is 6.03. The SMILES string of the molecule is CCCCN(CC)C(C)Cc1ccc(OCC)c(N)c1. The zero-order valence-electron chi connectivity index (χ0n) is 13.5. The Labute approximate surface area is 124 Å². The van der Waals surface area contributed by atoms with E-state index < -0.39 is 0 Å².